The highest BCUT2D eigenvalue weighted by molar-refractivity contribution is 14.1. The number of hydrogen-bond donors (Lipinski definition) is 1. The fraction of sp³-hybridized carbons (Fsp3) is 0.125. The first kappa shape index (κ1) is 8.52. The minimum absolute atomic E-state index is 0.995. The fourth-order valence-electron chi connectivity index (χ4n) is 0.803. The van der Waals surface area contributed by atoms with Crippen LogP contribution in [0, 0.1) is 0 Å². The van der Waals surface area contributed by atoms with E-state index in [1.54, 1.807) is 6.08 Å². The maximum atomic E-state index is 3.92. The summed E-state index contributed by atoms with van der Waals surface area (Å²) in [6.45, 7) is 3.62. The Labute approximate surface area is 78.8 Å². The van der Waals surface area contributed by atoms with Gasteiger partial charge in [0.2, 0.25) is 0 Å². The van der Waals surface area contributed by atoms with Crippen molar-refractivity contribution in [2.45, 2.75) is 0 Å². The maximum Gasteiger partial charge on any atom is 0.0647 e. The van der Waals surface area contributed by atoms with Gasteiger partial charge in [0.25, 0.3) is 0 Å². The van der Waals surface area contributed by atoms with E-state index in [1.807, 2.05) is 12.3 Å². The molecule has 0 saturated carbocycles. The van der Waals surface area contributed by atoms with Gasteiger partial charge in [0.1, 0.15) is 0 Å². The molecule has 11 heavy (non-hydrogen) atoms. The fourth-order valence-corrected chi connectivity index (χ4v) is 1.28. The van der Waals surface area contributed by atoms with Crippen LogP contribution in [0.3, 0.4) is 0 Å². The molecule has 0 spiro atoms. The van der Waals surface area contributed by atoms with Crippen LogP contribution < -0.4 is 10.6 Å². The Morgan fingerprint density at radius 2 is 2.55 bits per heavy atom. The third-order valence-corrected chi connectivity index (χ3v) is 1.72. The van der Waals surface area contributed by atoms with Crippen LogP contribution >= 0.6 is 22.6 Å². The van der Waals surface area contributed by atoms with Crippen LogP contribution in [0.15, 0.2) is 18.9 Å². The van der Waals surface area contributed by atoms with Crippen LogP contribution in [0.25, 0.3) is 12.2 Å². The van der Waals surface area contributed by atoms with Gasteiger partial charge in [0, 0.05) is 9.65 Å². The first-order valence-electron chi connectivity index (χ1n) is 3.26. The third-order valence-electron chi connectivity index (χ3n) is 1.28. The smallest absolute Gasteiger partial charge is 0.0647 e. The molecule has 0 unspecified atom stereocenters. The SMILES string of the molecule is C=C/C=c1/[nH]nc/c1=C/CI. The van der Waals surface area contributed by atoms with Gasteiger partial charge in [-0.25, -0.2) is 0 Å². The number of rotatable bonds is 2. The summed E-state index contributed by atoms with van der Waals surface area (Å²) in [6, 6.07) is 0. The molecule has 0 aromatic carbocycles. The molecule has 0 saturated heterocycles. The lowest BCUT2D eigenvalue weighted by Gasteiger charge is -1.75. The van der Waals surface area contributed by atoms with E-state index in [2.05, 4.69) is 45.4 Å². The predicted molar refractivity (Wildman–Crippen MR) is 55.9 cm³/mol. The van der Waals surface area contributed by atoms with Gasteiger partial charge in [-0.1, -0.05) is 41.3 Å². The van der Waals surface area contributed by atoms with Crippen LogP contribution in [0.4, 0.5) is 0 Å². The Morgan fingerprint density at radius 1 is 1.73 bits per heavy atom. The molecular formula is C8H9IN2. The van der Waals surface area contributed by atoms with Gasteiger partial charge in [-0.15, -0.1) is 0 Å². The normalized spacial score (nSPS) is 13.9. The summed E-state index contributed by atoms with van der Waals surface area (Å²) in [5.74, 6) is 0. The van der Waals surface area contributed by atoms with E-state index < -0.39 is 0 Å². The molecule has 0 aliphatic carbocycles. The maximum absolute atomic E-state index is 3.92. The molecule has 0 bridgehead atoms. The molecule has 0 fully saturated rings. The van der Waals surface area contributed by atoms with Crippen LogP contribution in [0.1, 0.15) is 0 Å². The van der Waals surface area contributed by atoms with Gasteiger partial charge in [-0.05, 0) is 6.08 Å². The van der Waals surface area contributed by atoms with Gasteiger partial charge in [0.05, 0.1) is 11.5 Å². The molecule has 0 aliphatic heterocycles. The Kier molecular flexibility index (Phi) is 3.35. The Balaban J connectivity index is 3.27. The number of aromatic nitrogens is 2. The van der Waals surface area contributed by atoms with Gasteiger partial charge in [0.15, 0.2) is 0 Å². The Morgan fingerprint density at radius 3 is 3.18 bits per heavy atom. The van der Waals surface area contributed by atoms with Gasteiger partial charge in [-0.3, -0.25) is 5.10 Å². The van der Waals surface area contributed by atoms with E-state index in [-0.39, 0.29) is 0 Å². The predicted octanol–water partition coefficient (Wildman–Crippen LogP) is 0.592. The molecule has 0 amide bonds. The van der Waals surface area contributed by atoms with E-state index in [4.69, 9.17) is 0 Å². The third kappa shape index (κ3) is 2.18. The average Bonchev–Trinajstić information content (AvgIpc) is 2.39. The summed E-state index contributed by atoms with van der Waals surface area (Å²) in [6.07, 6.45) is 7.58. The van der Waals surface area contributed by atoms with Crippen LogP contribution in [0.2, 0.25) is 0 Å². The standard InChI is InChI=1S/C8H9IN2/c1-2-3-8-7(4-5-9)6-10-11-8/h2-4,6,11H,1,5H2/b7-4-,8-3+. The largest absolute Gasteiger partial charge is 0.278 e. The molecule has 0 aliphatic rings. The second-order valence-electron chi connectivity index (χ2n) is 2.00. The van der Waals surface area contributed by atoms with Crippen molar-refractivity contribution in [2.75, 3.05) is 4.43 Å². The van der Waals surface area contributed by atoms with Crippen molar-refractivity contribution in [2.24, 2.45) is 0 Å². The van der Waals surface area contributed by atoms with Crippen molar-refractivity contribution < 1.29 is 0 Å². The summed E-state index contributed by atoms with van der Waals surface area (Å²) >= 11 is 2.30. The molecule has 1 aromatic rings. The summed E-state index contributed by atoms with van der Waals surface area (Å²) in [5, 5.41) is 8.96. The number of aromatic amines is 1. The molecule has 1 N–H and O–H groups in total. The summed E-state index contributed by atoms with van der Waals surface area (Å²) in [5.41, 5.74) is 0. The van der Waals surface area contributed by atoms with Crippen LogP contribution in [-0.2, 0) is 0 Å². The lowest BCUT2D eigenvalue weighted by atomic mass is 10.4. The van der Waals surface area contributed by atoms with Gasteiger partial charge in [-0.2, -0.15) is 5.10 Å². The first-order chi connectivity index (χ1) is 5.38. The van der Waals surface area contributed by atoms with Crippen molar-refractivity contribution in [3.8, 4) is 0 Å². The lowest BCUT2D eigenvalue weighted by molar-refractivity contribution is 1.06. The molecule has 3 heteroatoms. The van der Waals surface area contributed by atoms with E-state index in [0.29, 0.717) is 0 Å². The number of allylic oxidation sites excluding steroid dienone is 1. The molecule has 0 atom stereocenters. The number of hydrogen-bond acceptors (Lipinski definition) is 1. The van der Waals surface area contributed by atoms with Gasteiger partial charge >= 0.3 is 0 Å². The number of alkyl halides is 1. The van der Waals surface area contributed by atoms with Crippen molar-refractivity contribution in [1.82, 2.24) is 10.2 Å². The van der Waals surface area contributed by atoms with Crippen LogP contribution in [-0.4, -0.2) is 14.6 Å². The zero-order valence-electron chi connectivity index (χ0n) is 6.05. The topological polar surface area (TPSA) is 28.7 Å². The Hall–Kier alpha value is -0.580. The summed E-state index contributed by atoms with van der Waals surface area (Å²) < 4.78 is 0.995. The zero-order valence-corrected chi connectivity index (χ0v) is 8.21. The van der Waals surface area contributed by atoms with E-state index in [1.165, 1.54) is 0 Å². The number of nitrogens with zero attached hydrogens (tertiary/aromatic N) is 1. The van der Waals surface area contributed by atoms with E-state index in [0.717, 1.165) is 15.0 Å². The van der Waals surface area contributed by atoms with Crippen molar-refractivity contribution in [3.63, 3.8) is 0 Å². The second kappa shape index (κ2) is 4.33. The Bertz CT molecular complexity index is 337. The molecular weight excluding hydrogens is 251 g/mol. The highest BCUT2D eigenvalue weighted by atomic mass is 127. The quantitative estimate of drug-likeness (QED) is 0.612. The van der Waals surface area contributed by atoms with E-state index in [9.17, 15) is 0 Å². The molecule has 1 rings (SSSR count). The number of halogens is 1. The highest BCUT2D eigenvalue weighted by Gasteiger charge is 1.83. The minimum Gasteiger partial charge on any atom is -0.278 e. The minimum atomic E-state index is 0.995. The van der Waals surface area contributed by atoms with Crippen molar-refractivity contribution in [1.29, 1.82) is 0 Å². The summed E-state index contributed by atoms with van der Waals surface area (Å²) in [7, 11) is 0. The van der Waals surface area contributed by atoms with Crippen molar-refractivity contribution in [3.05, 3.63) is 29.4 Å². The zero-order chi connectivity index (χ0) is 8.10. The van der Waals surface area contributed by atoms with Gasteiger partial charge < -0.3 is 0 Å². The molecule has 1 aromatic heterocycles. The lowest BCUT2D eigenvalue weighted by Crippen LogP contribution is -2.21. The molecule has 2 nitrogen and oxygen atoms in total. The molecule has 58 valence electrons. The number of nitrogens with one attached hydrogen (secondary N) is 1. The highest BCUT2D eigenvalue weighted by Crippen LogP contribution is 1.78. The average molecular weight is 260 g/mol. The van der Waals surface area contributed by atoms with Crippen LogP contribution in [0.5, 0.6) is 0 Å². The summed E-state index contributed by atoms with van der Waals surface area (Å²) in [4.78, 5) is 0. The molecule has 0 radical (unpaired) electrons. The van der Waals surface area contributed by atoms with E-state index >= 15 is 0 Å². The monoisotopic (exact) mass is 260 g/mol. The number of H-pyrrole nitrogens is 1. The first-order valence-corrected chi connectivity index (χ1v) is 4.79. The molecule has 1 heterocycles. The second-order valence-corrected chi connectivity index (χ2v) is 2.88. The van der Waals surface area contributed by atoms with Crippen molar-refractivity contribution >= 4 is 34.7 Å².